The fourth-order valence-corrected chi connectivity index (χ4v) is 4.05. The number of aromatic nitrogens is 1. The average molecular weight is 333 g/mol. The number of anilines is 1. The summed E-state index contributed by atoms with van der Waals surface area (Å²) in [5.74, 6) is 0.835. The number of nitrogens with two attached hydrogens (primary N) is 1. The molecule has 0 spiro atoms. The Morgan fingerprint density at radius 2 is 1.90 bits per heavy atom. The Morgan fingerprint density at radius 3 is 2.67 bits per heavy atom. The van der Waals surface area contributed by atoms with Gasteiger partial charge < -0.3 is 5.73 Å². The zero-order valence-corrected chi connectivity index (χ0v) is 13.5. The number of thiazole rings is 1. The predicted molar refractivity (Wildman–Crippen MR) is 93.0 cm³/mol. The molecule has 3 rings (SSSR count). The van der Waals surface area contributed by atoms with Crippen molar-refractivity contribution in [2.75, 3.05) is 5.73 Å². The van der Waals surface area contributed by atoms with Crippen molar-refractivity contribution >= 4 is 39.7 Å². The molecule has 2 aromatic carbocycles. The fourth-order valence-electron chi connectivity index (χ4n) is 1.95. The Bertz CT molecular complexity index is 741. The van der Waals surface area contributed by atoms with Gasteiger partial charge in [0, 0.05) is 16.3 Å². The van der Waals surface area contributed by atoms with Crippen molar-refractivity contribution in [3.8, 4) is 11.3 Å². The maximum absolute atomic E-state index is 6.09. The second-order valence-corrected chi connectivity index (χ2v) is 7.17. The standard InChI is InChI=1S/C16H13ClN2S2/c17-13-8-4-5-11(9-13)10-20-16-19-14(15(18)21-16)12-6-2-1-3-7-12/h1-9H,10,18H2. The second kappa shape index (κ2) is 6.52. The van der Waals surface area contributed by atoms with Gasteiger partial charge in [0.2, 0.25) is 0 Å². The molecule has 5 heteroatoms. The van der Waals surface area contributed by atoms with Gasteiger partial charge in [-0.25, -0.2) is 4.98 Å². The number of nitrogens with zero attached hydrogens (tertiary/aromatic N) is 1. The largest absolute Gasteiger partial charge is 0.389 e. The lowest BCUT2D eigenvalue weighted by Gasteiger charge is -1.99. The SMILES string of the molecule is Nc1sc(SCc2cccc(Cl)c2)nc1-c1ccccc1. The zero-order chi connectivity index (χ0) is 14.7. The van der Waals surface area contributed by atoms with E-state index in [1.165, 1.54) is 16.9 Å². The van der Waals surface area contributed by atoms with E-state index in [1.54, 1.807) is 11.8 Å². The van der Waals surface area contributed by atoms with E-state index in [1.807, 2.05) is 48.5 Å². The number of halogens is 1. The van der Waals surface area contributed by atoms with Crippen LogP contribution in [0.2, 0.25) is 5.02 Å². The van der Waals surface area contributed by atoms with E-state index in [4.69, 9.17) is 17.3 Å². The van der Waals surface area contributed by atoms with Crippen molar-refractivity contribution in [2.45, 2.75) is 10.1 Å². The Morgan fingerprint density at radius 1 is 1.10 bits per heavy atom. The Labute approximate surface area is 137 Å². The average Bonchev–Trinajstić information content (AvgIpc) is 2.87. The molecular formula is C16H13ClN2S2. The van der Waals surface area contributed by atoms with E-state index in [0.29, 0.717) is 0 Å². The maximum atomic E-state index is 6.09. The van der Waals surface area contributed by atoms with Crippen molar-refractivity contribution < 1.29 is 0 Å². The van der Waals surface area contributed by atoms with E-state index in [9.17, 15) is 0 Å². The molecule has 0 bridgehead atoms. The highest BCUT2D eigenvalue weighted by Crippen LogP contribution is 2.36. The van der Waals surface area contributed by atoms with Crippen LogP contribution in [0.3, 0.4) is 0 Å². The summed E-state index contributed by atoms with van der Waals surface area (Å²) >= 11 is 9.20. The summed E-state index contributed by atoms with van der Waals surface area (Å²) in [6.45, 7) is 0. The van der Waals surface area contributed by atoms with Gasteiger partial charge in [-0.15, -0.1) is 0 Å². The van der Waals surface area contributed by atoms with Crippen molar-refractivity contribution in [1.82, 2.24) is 4.98 Å². The van der Waals surface area contributed by atoms with Crippen molar-refractivity contribution in [3.05, 3.63) is 65.2 Å². The molecule has 0 radical (unpaired) electrons. The summed E-state index contributed by atoms with van der Waals surface area (Å²) in [5, 5.41) is 1.52. The van der Waals surface area contributed by atoms with Crippen molar-refractivity contribution in [3.63, 3.8) is 0 Å². The molecule has 0 aliphatic rings. The first-order chi connectivity index (χ1) is 10.2. The fraction of sp³-hybridized carbons (Fsp3) is 0.0625. The van der Waals surface area contributed by atoms with E-state index in [2.05, 4.69) is 11.1 Å². The molecule has 21 heavy (non-hydrogen) atoms. The topological polar surface area (TPSA) is 38.9 Å². The van der Waals surface area contributed by atoms with Crippen LogP contribution in [-0.4, -0.2) is 4.98 Å². The third-order valence-electron chi connectivity index (χ3n) is 2.93. The highest BCUT2D eigenvalue weighted by atomic mass is 35.5. The first-order valence-electron chi connectivity index (χ1n) is 6.41. The summed E-state index contributed by atoms with van der Waals surface area (Å²) in [6, 6.07) is 17.9. The van der Waals surface area contributed by atoms with Gasteiger partial charge >= 0.3 is 0 Å². The highest BCUT2D eigenvalue weighted by Gasteiger charge is 2.10. The van der Waals surface area contributed by atoms with Gasteiger partial charge in [-0.1, -0.05) is 77.2 Å². The van der Waals surface area contributed by atoms with Gasteiger partial charge in [0.15, 0.2) is 4.34 Å². The summed E-state index contributed by atoms with van der Waals surface area (Å²) in [7, 11) is 0. The molecular weight excluding hydrogens is 320 g/mol. The predicted octanol–water partition coefficient (Wildman–Crippen LogP) is 5.34. The molecule has 0 aliphatic carbocycles. The van der Waals surface area contributed by atoms with Crippen LogP contribution in [0, 0.1) is 0 Å². The number of hydrogen-bond acceptors (Lipinski definition) is 4. The quantitative estimate of drug-likeness (QED) is 0.655. The number of thioether (sulfide) groups is 1. The normalized spacial score (nSPS) is 10.7. The lowest BCUT2D eigenvalue weighted by atomic mass is 10.2. The number of hydrogen-bond donors (Lipinski definition) is 1. The molecule has 1 aromatic heterocycles. The highest BCUT2D eigenvalue weighted by molar-refractivity contribution is 8.00. The van der Waals surface area contributed by atoms with Gasteiger partial charge in [0.25, 0.3) is 0 Å². The van der Waals surface area contributed by atoms with Gasteiger partial charge in [0.1, 0.15) is 10.7 Å². The van der Waals surface area contributed by atoms with Crippen LogP contribution in [0.25, 0.3) is 11.3 Å². The maximum Gasteiger partial charge on any atom is 0.152 e. The lowest BCUT2D eigenvalue weighted by molar-refractivity contribution is 1.25. The van der Waals surface area contributed by atoms with Crippen molar-refractivity contribution in [2.24, 2.45) is 0 Å². The van der Waals surface area contributed by atoms with Crippen LogP contribution in [0.5, 0.6) is 0 Å². The van der Waals surface area contributed by atoms with E-state index < -0.39 is 0 Å². The first-order valence-corrected chi connectivity index (χ1v) is 8.59. The van der Waals surface area contributed by atoms with E-state index >= 15 is 0 Å². The molecule has 0 aliphatic heterocycles. The molecule has 106 valence electrons. The van der Waals surface area contributed by atoms with E-state index in [0.717, 1.165) is 31.4 Å². The number of nitrogen functional groups attached to an aromatic ring is 1. The summed E-state index contributed by atoms with van der Waals surface area (Å²) in [5.41, 5.74) is 9.20. The Balaban J connectivity index is 1.76. The van der Waals surface area contributed by atoms with Crippen LogP contribution in [0.1, 0.15) is 5.56 Å². The van der Waals surface area contributed by atoms with Crippen LogP contribution >= 0.6 is 34.7 Å². The van der Waals surface area contributed by atoms with Gasteiger partial charge in [-0.05, 0) is 17.7 Å². The molecule has 3 aromatic rings. The molecule has 1 heterocycles. The molecule has 0 unspecified atom stereocenters. The molecule has 0 saturated heterocycles. The van der Waals surface area contributed by atoms with Crippen LogP contribution in [0.4, 0.5) is 5.00 Å². The lowest BCUT2D eigenvalue weighted by Crippen LogP contribution is -1.85. The Kier molecular flexibility index (Phi) is 4.48. The van der Waals surface area contributed by atoms with Crippen LogP contribution in [0.15, 0.2) is 58.9 Å². The minimum atomic E-state index is 0.759. The first kappa shape index (κ1) is 14.4. The minimum absolute atomic E-state index is 0.759. The van der Waals surface area contributed by atoms with Crippen molar-refractivity contribution in [1.29, 1.82) is 0 Å². The molecule has 0 amide bonds. The number of benzene rings is 2. The van der Waals surface area contributed by atoms with Gasteiger partial charge in [-0.3, -0.25) is 0 Å². The molecule has 2 N–H and O–H groups in total. The summed E-state index contributed by atoms with van der Waals surface area (Å²) < 4.78 is 0.978. The van der Waals surface area contributed by atoms with Gasteiger partial charge in [-0.2, -0.15) is 0 Å². The molecule has 0 saturated carbocycles. The number of rotatable bonds is 4. The minimum Gasteiger partial charge on any atom is -0.389 e. The summed E-state index contributed by atoms with van der Waals surface area (Å²) in [4.78, 5) is 4.64. The molecule has 0 atom stereocenters. The Hall–Kier alpha value is -1.49. The van der Waals surface area contributed by atoms with Crippen LogP contribution < -0.4 is 5.73 Å². The summed E-state index contributed by atoms with van der Waals surface area (Å²) in [6.07, 6.45) is 0. The van der Waals surface area contributed by atoms with Gasteiger partial charge in [0.05, 0.1) is 0 Å². The second-order valence-electron chi connectivity index (χ2n) is 4.48. The monoisotopic (exact) mass is 332 g/mol. The smallest absolute Gasteiger partial charge is 0.152 e. The molecule has 0 fully saturated rings. The third-order valence-corrected chi connectivity index (χ3v) is 5.27. The van der Waals surface area contributed by atoms with E-state index in [-0.39, 0.29) is 0 Å². The molecule has 2 nitrogen and oxygen atoms in total. The third kappa shape index (κ3) is 3.59. The zero-order valence-electron chi connectivity index (χ0n) is 11.1. The van der Waals surface area contributed by atoms with Crippen LogP contribution in [-0.2, 0) is 5.75 Å².